The lowest BCUT2D eigenvalue weighted by atomic mass is 9.75. The minimum Gasteiger partial charge on any atom is -0.469 e. The van der Waals surface area contributed by atoms with Crippen LogP contribution >= 0.6 is 45.9 Å². The number of Topliss-reactive ketones (excluding diaryl/α,β-unsaturated/α-hetero) is 1. The monoisotopic (exact) mass is 2580 g/mol. The second kappa shape index (κ2) is 75.3. The van der Waals surface area contributed by atoms with Crippen LogP contribution in [0.25, 0.3) is 0 Å². The zero-order valence-electron chi connectivity index (χ0n) is 51.2. The van der Waals surface area contributed by atoms with Crippen molar-refractivity contribution in [2.24, 2.45) is 10.8 Å². The first kappa shape index (κ1) is 110. The third-order valence-corrected chi connectivity index (χ3v) is 132. The van der Waals surface area contributed by atoms with Crippen molar-refractivity contribution in [3.63, 3.8) is 0 Å². The first-order chi connectivity index (χ1) is 51.3. The third kappa shape index (κ3) is 54.1. The summed E-state index contributed by atoms with van der Waals surface area (Å²) < 4.78 is 17.9. The number of rotatable bonds is 6. The zero-order valence-corrected chi connectivity index (χ0v) is 102. The van der Waals surface area contributed by atoms with E-state index in [1.165, 1.54) is 53.8 Å². The number of piperidine rings is 2. The van der Waals surface area contributed by atoms with Crippen molar-refractivity contribution in [3.05, 3.63) is 42.2 Å². The molecule has 71 heteroatoms. The largest absolute Gasteiger partial charge is 0.469 e. The van der Waals surface area contributed by atoms with Crippen molar-refractivity contribution >= 4 is 588 Å². The number of halogens is 2. The molecule has 2 aromatic rings. The topological polar surface area (TPSA) is 123 Å². The molecule has 5 unspecified atom stereocenters. The number of hydrogen-bond donors (Lipinski definition) is 3. The average molecular weight is 2590 g/mol. The van der Waals surface area contributed by atoms with Crippen molar-refractivity contribution in [2.45, 2.75) is 108 Å². The molecule has 5 aliphatic rings. The molecule has 0 bridgehead atoms. The number of hydrogen-bond acceptors (Lipinski definition) is 15. The molecule has 2 saturated heterocycles. The van der Waals surface area contributed by atoms with Crippen LogP contribution in [0.3, 0.4) is 0 Å². The Labute approximate surface area is 801 Å². The predicted molar refractivity (Wildman–Crippen MR) is 612 cm³/mol. The Morgan fingerprint density at radius 3 is 1.08 bits per heavy atom. The first-order valence-corrected chi connectivity index (χ1v) is 103. The number of nitrogens with one attached hydrogen (secondary N) is 2. The van der Waals surface area contributed by atoms with Crippen molar-refractivity contribution < 1.29 is 33.7 Å². The molecule has 105 heavy (non-hydrogen) atoms. The number of esters is 2. The molecule has 0 amide bonds. The van der Waals surface area contributed by atoms with E-state index >= 15 is 0 Å². The van der Waals surface area contributed by atoms with Crippen LogP contribution in [0.5, 0.6) is 0 Å². The summed E-state index contributed by atoms with van der Waals surface area (Å²) in [7, 11) is 99.6. The van der Waals surface area contributed by atoms with Crippen molar-refractivity contribution in [3.8, 4) is 0 Å². The fraction of sp³-hybridized carbons (Fsp3) is 0.676. The van der Waals surface area contributed by atoms with Crippen LogP contribution in [-0.4, -0.2) is 74.4 Å². The van der Waals surface area contributed by atoms with E-state index < -0.39 is 5.41 Å². The molecule has 4 fully saturated rings. The molecule has 2 saturated carbocycles. The van der Waals surface area contributed by atoms with Gasteiger partial charge in [0.15, 0.2) is 0 Å². The van der Waals surface area contributed by atoms with Gasteiger partial charge < -0.3 is 30.0 Å². The van der Waals surface area contributed by atoms with Crippen LogP contribution < -0.4 is 10.6 Å². The molecule has 1 spiro atoms. The maximum absolute atomic E-state index is 12.3. The number of methoxy groups -OCH3 is 2. The maximum Gasteiger partial charge on any atom is 0.313 e. The Kier molecular flexibility index (Phi) is 79.2. The summed E-state index contributed by atoms with van der Waals surface area (Å²) in [5.41, 5.74) is 1.37. The van der Waals surface area contributed by atoms with E-state index in [-0.39, 0.29) is 53.5 Å². The number of fused-ring (bicyclic) bond motifs is 2. The highest BCUT2D eigenvalue weighted by Gasteiger charge is 2.61. The highest BCUT2D eigenvalue weighted by atomic mass is 35.5. The second-order valence-electron chi connectivity index (χ2n) is 17.3. The minimum atomic E-state index is -0.404. The van der Waals surface area contributed by atoms with Crippen molar-refractivity contribution in [1.82, 2.24) is 10.6 Å². The standard InChI is InChI=1S/C17H22ClNO3S.C11H17NO3.C6H7ClOS.S56.S2/c1-10-8-17(14-11(3-6-22-17)7-13(18)23-14)9-12(19-10)16(4-5-16)15(20)21-2;1-7-5-8(13)6-9(12-7)11(3-4-11)10(14)15-2;7-6-3-5(1-2-8)4-9-6;1-3-5-7-9-11-13-15-17-19-21-23-25-27-29-31-33-35-37-39-41-43-45-47-49-51-53-55-56-54-52-50-48-46-44-42-40-38-36-34-32-30-28-26-24-22-20-18-16-14-12-10-8-6-4-2;1-2/h7,10,12,19H,3-6,8-9H2,1-2H3;7,9,12H,3-6H2,1-2H3;3-4,8H,1-2H2;;. The van der Waals surface area contributed by atoms with Gasteiger partial charge >= 0.3 is 11.9 Å². The molecule has 0 aromatic carbocycles. The van der Waals surface area contributed by atoms with Gasteiger partial charge in [0.1, 0.15) is 11.4 Å². The second-order valence-corrected chi connectivity index (χ2v) is 116. The van der Waals surface area contributed by atoms with Gasteiger partial charge in [0.2, 0.25) is 0 Å². The van der Waals surface area contributed by atoms with E-state index in [0.717, 1.165) is 65.8 Å². The van der Waals surface area contributed by atoms with Crippen LogP contribution in [0.4, 0.5) is 0 Å². The molecule has 3 aliphatic heterocycles. The van der Waals surface area contributed by atoms with Crippen molar-refractivity contribution in [1.29, 1.82) is 0 Å². The molecule has 608 valence electrons. The van der Waals surface area contributed by atoms with E-state index in [1.807, 2.05) is 374 Å². The lowest BCUT2D eigenvalue weighted by molar-refractivity contribution is -0.152. The highest BCUT2D eigenvalue weighted by Crippen LogP contribution is 2.57. The summed E-state index contributed by atoms with van der Waals surface area (Å²) in [6.45, 7) is 5.09. The van der Waals surface area contributed by atoms with Gasteiger partial charge in [-0.05, 0) is 93.9 Å². The number of aliphatic hydroxyl groups is 1. The normalized spacial score (nSPS) is 17.5. The number of ketones is 1. The fourth-order valence-corrected chi connectivity index (χ4v) is 153. The summed E-state index contributed by atoms with van der Waals surface area (Å²) in [6.07, 6.45) is 7.91. The molecule has 2 aromatic heterocycles. The van der Waals surface area contributed by atoms with Gasteiger partial charge in [0.05, 0.1) is 40.3 Å². The molecule has 0 radical (unpaired) electrons. The SMILES string of the molecule is COC(=O)C1(C2CC(=O)CC(C)N2)CC1.COC(=O)C1(C2CC3(CC(C)N2)OCCc2cc(Cl)sc23)CC1.OCCc1csc(Cl)c1.S=S.S=S=S=S=S=S=S=S=S=S=S=S=S=S=S=S=S=S=S=S=S=S=S=S=S=S=S=S=S=S=S=S=S=S=S=S=S=S=S=S=S=S=S=S=S=S=S=S=S=S=S=S=S=S=S=S. The van der Waals surface area contributed by atoms with E-state index in [2.05, 4.69) is 46.0 Å². The molecule has 5 atom stereocenters. The van der Waals surface area contributed by atoms with Crippen LogP contribution in [0.2, 0.25) is 8.67 Å². The number of thiophene rings is 2. The molecular formula is C34H46Cl2N2O7S60. The molecule has 3 N–H and O–H groups in total. The van der Waals surface area contributed by atoms with Gasteiger partial charge in [-0.15, -0.1) is 22.7 Å². The van der Waals surface area contributed by atoms with E-state index in [4.69, 9.17) is 64.9 Å². The number of ether oxygens (including phenoxy) is 3. The Bertz CT molecular complexity index is 5880. The Balaban J connectivity index is 0.000000460. The number of aliphatic hydroxyl groups excluding tert-OH is 1. The fourth-order valence-electron chi connectivity index (χ4n) is 8.15. The van der Waals surface area contributed by atoms with Crippen LogP contribution in [0.15, 0.2) is 17.5 Å². The highest BCUT2D eigenvalue weighted by molar-refractivity contribution is 8.83. The molecule has 2 aliphatic carbocycles. The number of carbonyl (C=O) groups excluding carboxylic acids is 3. The molecule has 7 rings (SSSR count). The molecular weight excluding hydrogens is 2540 g/mol. The Morgan fingerprint density at radius 1 is 0.486 bits per heavy atom. The maximum atomic E-state index is 12.3. The summed E-state index contributed by atoms with van der Waals surface area (Å²) in [4.78, 5) is 36.7. The smallest absolute Gasteiger partial charge is 0.313 e. The Morgan fingerprint density at radius 2 is 0.800 bits per heavy atom. The number of carbonyl (C=O) groups is 3. The van der Waals surface area contributed by atoms with Crippen LogP contribution in [0.1, 0.15) is 81.2 Å². The lowest BCUT2D eigenvalue weighted by Crippen LogP contribution is -2.57. The van der Waals surface area contributed by atoms with Crippen LogP contribution in [-0.2, 0) is 571 Å². The summed E-state index contributed by atoms with van der Waals surface area (Å²) in [5.74, 6) is 0.00261. The van der Waals surface area contributed by atoms with Crippen LogP contribution in [0, 0.1) is 10.8 Å². The third-order valence-electron chi connectivity index (χ3n) is 11.6. The van der Waals surface area contributed by atoms with Gasteiger partial charge in [-0.3, -0.25) is 14.4 Å². The van der Waals surface area contributed by atoms with Gasteiger partial charge in [0.25, 0.3) is 0 Å². The van der Waals surface area contributed by atoms with Gasteiger partial charge in [-0.25, -0.2) is 0 Å². The van der Waals surface area contributed by atoms with Gasteiger partial charge in [-0.2, -0.15) is 0 Å². The first-order valence-electron chi connectivity index (χ1n) is 25.7. The summed E-state index contributed by atoms with van der Waals surface area (Å²) in [6, 6.07) is 4.52. The molecule has 9 nitrogen and oxygen atoms in total. The van der Waals surface area contributed by atoms with E-state index in [1.54, 1.807) is 118 Å². The van der Waals surface area contributed by atoms with E-state index in [9.17, 15) is 14.4 Å². The Hall–Kier alpha value is 11.2. The van der Waals surface area contributed by atoms with Crippen molar-refractivity contribution in [2.75, 3.05) is 27.4 Å². The minimum absolute atomic E-state index is 0.0128. The van der Waals surface area contributed by atoms with Gasteiger partial charge in [-0.1, -0.05) is 23.2 Å². The summed E-state index contributed by atoms with van der Waals surface area (Å²) in [5, 5.41) is 17.4. The quantitative estimate of drug-likeness (QED) is 0.307. The van der Waals surface area contributed by atoms with E-state index in [0.29, 0.717) is 25.3 Å². The van der Waals surface area contributed by atoms with Gasteiger partial charge in [0, 0.05) is 573 Å². The zero-order chi connectivity index (χ0) is 76.2. The molecule has 5 heterocycles. The predicted octanol–water partition coefficient (Wildman–Crippen LogP) is 5.71. The average Bonchev–Trinajstić information content (AvgIpc) is 1.60. The summed E-state index contributed by atoms with van der Waals surface area (Å²) >= 11 is 32.0. The lowest BCUT2D eigenvalue weighted by Gasteiger charge is -2.47.